The maximum atomic E-state index is 5.91. The van der Waals surface area contributed by atoms with Gasteiger partial charge in [0.1, 0.15) is 0 Å². The van der Waals surface area contributed by atoms with Crippen molar-refractivity contribution in [3.8, 4) is 0 Å². The minimum Gasteiger partial charge on any atom is -0.397 e. The highest BCUT2D eigenvalue weighted by Crippen LogP contribution is 2.29. The summed E-state index contributed by atoms with van der Waals surface area (Å²) < 4.78 is 5.99. The van der Waals surface area contributed by atoms with Crippen LogP contribution in [-0.4, -0.2) is 20.3 Å². The molecule has 4 heteroatoms. The van der Waals surface area contributed by atoms with Crippen LogP contribution in [0.1, 0.15) is 12.0 Å². The lowest BCUT2D eigenvalue weighted by Crippen LogP contribution is -2.07. The summed E-state index contributed by atoms with van der Waals surface area (Å²) in [6, 6.07) is 4.01. The second kappa shape index (κ2) is 5.98. The van der Waals surface area contributed by atoms with E-state index < -0.39 is 0 Å². The van der Waals surface area contributed by atoms with Crippen molar-refractivity contribution in [3.63, 3.8) is 0 Å². The van der Waals surface area contributed by atoms with Crippen LogP contribution in [0.2, 0.25) is 0 Å². The molecule has 3 N–H and O–H groups in total. The van der Waals surface area contributed by atoms with E-state index in [4.69, 9.17) is 10.5 Å². The van der Waals surface area contributed by atoms with E-state index in [2.05, 4.69) is 27.3 Å². The maximum absolute atomic E-state index is 5.91. The fourth-order valence-electron chi connectivity index (χ4n) is 1.39. The first-order valence-corrected chi connectivity index (χ1v) is 5.73. The van der Waals surface area contributed by atoms with Gasteiger partial charge in [0.2, 0.25) is 0 Å². The number of anilines is 2. The summed E-state index contributed by atoms with van der Waals surface area (Å²) in [6.45, 7) is 3.64. The Hall–Kier alpha value is -0.740. The SMILES string of the molecule is COCCCNc1c(N)cc(C)cc1Br. The number of aryl methyl sites for hydroxylation is 1. The van der Waals surface area contributed by atoms with Crippen molar-refractivity contribution < 1.29 is 4.74 Å². The molecule has 0 amide bonds. The molecule has 0 aliphatic rings. The zero-order chi connectivity index (χ0) is 11.3. The van der Waals surface area contributed by atoms with E-state index in [1.54, 1.807) is 7.11 Å². The summed E-state index contributed by atoms with van der Waals surface area (Å²) in [6.07, 6.45) is 0.969. The number of nitrogens with one attached hydrogen (secondary N) is 1. The molecule has 0 radical (unpaired) electrons. The van der Waals surface area contributed by atoms with Crippen LogP contribution in [0.5, 0.6) is 0 Å². The molecule has 0 bridgehead atoms. The molecule has 1 aromatic rings. The Morgan fingerprint density at radius 3 is 2.80 bits per heavy atom. The summed E-state index contributed by atoms with van der Waals surface area (Å²) in [5.74, 6) is 0. The van der Waals surface area contributed by atoms with E-state index in [0.29, 0.717) is 0 Å². The highest BCUT2D eigenvalue weighted by atomic mass is 79.9. The van der Waals surface area contributed by atoms with Gasteiger partial charge in [-0.2, -0.15) is 0 Å². The van der Waals surface area contributed by atoms with Gasteiger partial charge in [0.15, 0.2) is 0 Å². The topological polar surface area (TPSA) is 47.3 Å². The molecule has 0 aliphatic heterocycles. The van der Waals surface area contributed by atoms with E-state index in [1.807, 2.05) is 13.0 Å². The average Bonchev–Trinajstić information content (AvgIpc) is 2.15. The molecule has 0 unspecified atom stereocenters. The molecule has 15 heavy (non-hydrogen) atoms. The molecule has 0 heterocycles. The lowest BCUT2D eigenvalue weighted by molar-refractivity contribution is 0.198. The van der Waals surface area contributed by atoms with Crippen molar-refractivity contribution in [1.29, 1.82) is 0 Å². The number of nitrogen functional groups attached to an aromatic ring is 1. The first-order valence-electron chi connectivity index (χ1n) is 4.93. The number of ether oxygens (including phenoxy) is 1. The molecule has 0 aromatic heterocycles. The van der Waals surface area contributed by atoms with Gasteiger partial charge >= 0.3 is 0 Å². The Bertz CT molecular complexity index is 305. The number of methoxy groups -OCH3 is 1. The number of halogens is 1. The van der Waals surface area contributed by atoms with Crippen molar-refractivity contribution >= 4 is 27.3 Å². The monoisotopic (exact) mass is 272 g/mol. The third-order valence-corrected chi connectivity index (χ3v) is 2.72. The summed E-state index contributed by atoms with van der Waals surface area (Å²) >= 11 is 3.49. The third-order valence-electron chi connectivity index (χ3n) is 2.09. The molecule has 0 saturated carbocycles. The molecule has 0 saturated heterocycles. The molecule has 84 valence electrons. The van der Waals surface area contributed by atoms with Crippen molar-refractivity contribution in [2.45, 2.75) is 13.3 Å². The van der Waals surface area contributed by atoms with E-state index >= 15 is 0 Å². The Kier molecular flexibility index (Phi) is 4.91. The first kappa shape index (κ1) is 12.3. The minimum atomic E-state index is 0.760. The van der Waals surface area contributed by atoms with Crippen LogP contribution in [0, 0.1) is 6.92 Å². The molecule has 0 aliphatic carbocycles. The van der Waals surface area contributed by atoms with E-state index in [9.17, 15) is 0 Å². The van der Waals surface area contributed by atoms with Crippen LogP contribution in [0.25, 0.3) is 0 Å². The van der Waals surface area contributed by atoms with Gasteiger partial charge in [-0.15, -0.1) is 0 Å². The standard InChI is InChI=1S/C11H17BrN2O/c1-8-6-9(12)11(10(13)7-8)14-4-3-5-15-2/h6-7,14H,3-5,13H2,1-2H3. The molecule has 0 spiro atoms. The van der Waals surface area contributed by atoms with Crippen LogP contribution in [0.15, 0.2) is 16.6 Å². The number of hydrogen-bond acceptors (Lipinski definition) is 3. The van der Waals surface area contributed by atoms with Crippen molar-refractivity contribution in [2.24, 2.45) is 0 Å². The van der Waals surface area contributed by atoms with Crippen LogP contribution in [0.4, 0.5) is 11.4 Å². The predicted molar refractivity (Wildman–Crippen MR) is 68.3 cm³/mol. The fourth-order valence-corrected chi connectivity index (χ4v) is 2.12. The third kappa shape index (κ3) is 3.72. The quantitative estimate of drug-likeness (QED) is 0.640. The molecule has 1 aromatic carbocycles. The van der Waals surface area contributed by atoms with Gasteiger partial charge in [0.05, 0.1) is 11.4 Å². The Balaban J connectivity index is 2.60. The van der Waals surface area contributed by atoms with Crippen LogP contribution < -0.4 is 11.1 Å². The van der Waals surface area contributed by atoms with Gasteiger partial charge in [-0.3, -0.25) is 0 Å². The largest absolute Gasteiger partial charge is 0.397 e. The van der Waals surface area contributed by atoms with Crippen LogP contribution in [0.3, 0.4) is 0 Å². The summed E-state index contributed by atoms with van der Waals surface area (Å²) in [5, 5.41) is 3.29. The summed E-state index contributed by atoms with van der Waals surface area (Å²) in [5.41, 5.74) is 8.81. The Morgan fingerprint density at radius 2 is 2.20 bits per heavy atom. The van der Waals surface area contributed by atoms with E-state index in [0.717, 1.165) is 41.0 Å². The van der Waals surface area contributed by atoms with Crippen LogP contribution in [-0.2, 0) is 4.74 Å². The van der Waals surface area contributed by atoms with Gasteiger partial charge in [0.25, 0.3) is 0 Å². The first-order chi connectivity index (χ1) is 7.15. The van der Waals surface area contributed by atoms with Gasteiger partial charge in [-0.05, 0) is 47.0 Å². The van der Waals surface area contributed by atoms with Gasteiger partial charge in [-0.25, -0.2) is 0 Å². The van der Waals surface area contributed by atoms with Crippen molar-refractivity contribution in [3.05, 3.63) is 22.2 Å². The van der Waals surface area contributed by atoms with Crippen molar-refractivity contribution in [1.82, 2.24) is 0 Å². The summed E-state index contributed by atoms with van der Waals surface area (Å²) in [4.78, 5) is 0. The second-order valence-corrected chi connectivity index (χ2v) is 4.34. The lowest BCUT2D eigenvalue weighted by Gasteiger charge is -2.12. The molecular formula is C11H17BrN2O. The smallest absolute Gasteiger partial charge is 0.0718 e. The zero-order valence-corrected chi connectivity index (χ0v) is 10.7. The zero-order valence-electron chi connectivity index (χ0n) is 9.14. The van der Waals surface area contributed by atoms with E-state index in [1.165, 1.54) is 0 Å². The van der Waals surface area contributed by atoms with Gasteiger partial charge in [0, 0.05) is 24.7 Å². The Labute approximate surface area is 99.1 Å². The fraction of sp³-hybridized carbons (Fsp3) is 0.455. The highest BCUT2D eigenvalue weighted by Gasteiger charge is 2.04. The van der Waals surface area contributed by atoms with Gasteiger partial charge < -0.3 is 15.8 Å². The Morgan fingerprint density at radius 1 is 1.47 bits per heavy atom. The van der Waals surface area contributed by atoms with Crippen molar-refractivity contribution in [2.75, 3.05) is 31.3 Å². The number of hydrogen-bond donors (Lipinski definition) is 2. The average molecular weight is 273 g/mol. The molecule has 0 fully saturated rings. The molecule has 3 nitrogen and oxygen atoms in total. The predicted octanol–water partition coefficient (Wildman–Crippen LogP) is 2.79. The normalized spacial score (nSPS) is 10.3. The second-order valence-electron chi connectivity index (χ2n) is 3.48. The molecular weight excluding hydrogens is 256 g/mol. The number of nitrogens with two attached hydrogens (primary N) is 1. The maximum Gasteiger partial charge on any atom is 0.0718 e. The highest BCUT2D eigenvalue weighted by molar-refractivity contribution is 9.10. The molecule has 1 rings (SSSR count). The molecule has 0 atom stereocenters. The lowest BCUT2D eigenvalue weighted by atomic mass is 10.2. The number of rotatable bonds is 5. The van der Waals surface area contributed by atoms with Crippen LogP contribution >= 0.6 is 15.9 Å². The summed E-state index contributed by atoms with van der Waals surface area (Å²) in [7, 11) is 1.70. The number of benzene rings is 1. The minimum absolute atomic E-state index is 0.760. The van der Waals surface area contributed by atoms with E-state index in [-0.39, 0.29) is 0 Å². The van der Waals surface area contributed by atoms with Gasteiger partial charge in [-0.1, -0.05) is 0 Å².